The maximum absolute atomic E-state index is 11.0. The number of hydrogen-bond acceptors (Lipinski definition) is 5. The van der Waals surface area contributed by atoms with Gasteiger partial charge in [-0.3, -0.25) is 4.98 Å². The van der Waals surface area contributed by atoms with Gasteiger partial charge in [0, 0.05) is 24.4 Å². The first kappa shape index (κ1) is 13.4. The predicted octanol–water partition coefficient (Wildman–Crippen LogP) is 0.745. The van der Waals surface area contributed by atoms with Crippen molar-refractivity contribution in [3.8, 4) is 5.88 Å². The third-order valence-electron chi connectivity index (χ3n) is 2.37. The minimum absolute atomic E-state index is 0.0374. The van der Waals surface area contributed by atoms with Gasteiger partial charge in [0.1, 0.15) is 4.90 Å². The molecule has 0 unspecified atom stereocenters. The predicted molar refractivity (Wildman–Crippen MR) is 69.0 cm³/mol. The van der Waals surface area contributed by atoms with E-state index >= 15 is 0 Å². The van der Waals surface area contributed by atoms with E-state index in [-0.39, 0.29) is 4.90 Å². The number of nitrogens with zero attached hydrogens (tertiary/aromatic N) is 2. The lowest BCUT2D eigenvalue weighted by Crippen LogP contribution is -2.12. The zero-order valence-corrected chi connectivity index (χ0v) is 10.9. The highest BCUT2D eigenvalue weighted by molar-refractivity contribution is 7.89. The molecule has 0 aromatic carbocycles. The summed E-state index contributed by atoms with van der Waals surface area (Å²) in [6.07, 6.45) is 3.54. The molecule has 0 atom stereocenters. The molecule has 19 heavy (non-hydrogen) atoms. The molecule has 0 amide bonds. The Labute approximate surface area is 111 Å². The summed E-state index contributed by atoms with van der Waals surface area (Å²) in [7, 11) is -3.71. The van der Waals surface area contributed by atoms with Crippen LogP contribution in [-0.4, -0.2) is 25.0 Å². The summed E-state index contributed by atoms with van der Waals surface area (Å²) in [5, 5.41) is 4.97. The molecule has 2 N–H and O–H groups in total. The van der Waals surface area contributed by atoms with Gasteiger partial charge in [0.25, 0.3) is 0 Å². The molecule has 2 aromatic rings. The fourth-order valence-electron chi connectivity index (χ4n) is 1.43. The van der Waals surface area contributed by atoms with Gasteiger partial charge in [0.05, 0.1) is 12.8 Å². The van der Waals surface area contributed by atoms with Crippen molar-refractivity contribution in [1.82, 2.24) is 9.97 Å². The number of sulfonamides is 1. The van der Waals surface area contributed by atoms with E-state index in [9.17, 15) is 8.42 Å². The van der Waals surface area contributed by atoms with E-state index in [1.54, 1.807) is 6.20 Å². The fraction of sp³-hybridized carbons (Fsp3) is 0.167. The zero-order chi connectivity index (χ0) is 13.7. The lowest BCUT2D eigenvalue weighted by atomic mass is 10.3. The van der Waals surface area contributed by atoms with Crippen LogP contribution in [0.1, 0.15) is 5.69 Å². The van der Waals surface area contributed by atoms with Crippen LogP contribution in [0.15, 0.2) is 47.6 Å². The van der Waals surface area contributed by atoms with E-state index in [1.807, 2.05) is 18.2 Å². The second-order valence-corrected chi connectivity index (χ2v) is 5.36. The van der Waals surface area contributed by atoms with Crippen LogP contribution in [0.5, 0.6) is 5.88 Å². The highest BCUT2D eigenvalue weighted by atomic mass is 32.2. The molecule has 0 spiro atoms. The van der Waals surface area contributed by atoms with Gasteiger partial charge >= 0.3 is 0 Å². The average Bonchev–Trinajstić information content (AvgIpc) is 2.39. The second-order valence-electron chi connectivity index (χ2n) is 3.80. The minimum Gasteiger partial charge on any atom is -0.477 e. The van der Waals surface area contributed by atoms with Crippen molar-refractivity contribution in [2.45, 2.75) is 11.3 Å². The number of ether oxygens (including phenoxy) is 1. The van der Waals surface area contributed by atoms with Crippen LogP contribution in [0.2, 0.25) is 0 Å². The van der Waals surface area contributed by atoms with Gasteiger partial charge in [-0.1, -0.05) is 6.07 Å². The van der Waals surface area contributed by atoms with Crippen molar-refractivity contribution in [3.05, 3.63) is 48.4 Å². The van der Waals surface area contributed by atoms with E-state index in [1.165, 1.54) is 18.3 Å². The summed E-state index contributed by atoms with van der Waals surface area (Å²) in [6.45, 7) is 0.415. The molecule has 2 aromatic heterocycles. The van der Waals surface area contributed by atoms with Crippen molar-refractivity contribution in [2.75, 3.05) is 6.61 Å². The smallest absolute Gasteiger partial charge is 0.239 e. The zero-order valence-electron chi connectivity index (χ0n) is 10.1. The molecule has 2 rings (SSSR count). The lowest BCUT2D eigenvalue weighted by molar-refractivity contribution is 0.308. The Kier molecular flexibility index (Phi) is 4.08. The summed E-state index contributed by atoms with van der Waals surface area (Å²) >= 11 is 0. The van der Waals surface area contributed by atoms with Crippen LogP contribution in [0.25, 0.3) is 0 Å². The van der Waals surface area contributed by atoms with E-state index in [2.05, 4.69) is 9.97 Å². The molecule has 0 radical (unpaired) electrons. The summed E-state index contributed by atoms with van der Waals surface area (Å²) in [5.74, 6) is 0.350. The Hall–Kier alpha value is -1.99. The minimum atomic E-state index is -3.71. The van der Waals surface area contributed by atoms with Crippen molar-refractivity contribution < 1.29 is 13.2 Å². The third kappa shape index (κ3) is 4.01. The van der Waals surface area contributed by atoms with Gasteiger partial charge in [0.15, 0.2) is 0 Å². The molecule has 2 heterocycles. The quantitative estimate of drug-likeness (QED) is 0.871. The molecule has 0 fully saturated rings. The van der Waals surface area contributed by atoms with Gasteiger partial charge in [-0.15, -0.1) is 0 Å². The maximum atomic E-state index is 11.0. The monoisotopic (exact) mass is 279 g/mol. The molecule has 0 aliphatic rings. The van der Waals surface area contributed by atoms with Gasteiger partial charge in [0.2, 0.25) is 15.9 Å². The number of pyridine rings is 2. The molecule has 0 bridgehead atoms. The molecule has 6 nitrogen and oxygen atoms in total. The lowest BCUT2D eigenvalue weighted by Gasteiger charge is -2.05. The fourth-order valence-corrected chi connectivity index (χ4v) is 1.88. The number of primary sulfonamides is 1. The SMILES string of the molecule is NS(=O)(=O)c1ccc(OCCc2ccccn2)nc1. The van der Waals surface area contributed by atoms with E-state index in [0.717, 1.165) is 5.69 Å². The Balaban J connectivity index is 1.90. The Morgan fingerprint density at radius 2 is 2.00 bits per heavy atom. The Morgan fingerprint density at radius 1 is 1.16 bits per heavy atom. The molecule has 0 saturated carbocycles. The average molecular weight is 279 g/mol. The molecule has 0 aliphatic heterocycles. The van der Waals surface area contributed by atoms with Crippen molar-refractivity contribution in [1.29, 1.82) is 0 Å². The van der Waals surface area contributed by atoms with E-state index < -0.39 is 10.0 Å². The second kappa shape index (κ2) is 5.77. The molecule has 100 valence electrons. The van der Waals surface area contributed by atoms with Crippen LogP contribution in [0.3, 0.4) is 0 Å². The first-order valence-electron chi connectivity index (χ1n) is 5.57. The standard InChI is InChI=1S/C12H13N3O3S/c13-19(16,17)11-4-5-12(15-9-11)18-8-6-10-3-1-2-7-14-10/h1-5,7,9H,6,8H2,(H2,13,16,17). The maximum Gasteiger partial charge on any atom is 0.239 e. The van der Waals surface area contributed by atoms with Crippen molar-refractivity contribution in [3.63, 3.8) is 0 Å². The van der Waals surface area contributed by atoms with Gasteiger partial charge in [-0.05, 0) is 18.2 Å². The third-order valence-corrected chi connectivity index (χ3v) is 3.27. The van der Waals surface area contributed by atoms with Crippen LogP contribution < -0.4 is 9.88 Å². The van der Waals surface area contributed by atoms with Gasteiger partial charge < -0.3 is 4.74 Å². The summed E-state index contributed by atoms with van der Waals surface area (Å²) in [4.78, 5) is 8.00. The van der Waals surface area contributed by atoms with Crippen LogP contribution in [0, 0.1) is 0 Å². The summed E-state index contributed by atoms with van der Waals surface area (Å²) in [5.41, 5.74) is 0.920. The summed E-state index contributed by atoms with van der Waals surface area (Å²) in [6, 6.07) is 8.48. The molecular formula is C12H13N3O3S. The van der Waals surface area contributed by atoms with Gasteiger partial charge in [-0.2, -0.15) is 0 Å². The number of aromatic nitrogens is 2. The highest BCUT2D eigenvalue weighted by Crippen LogP contribution is 2.11. The first-order valence-corrected chi connectivity index (χ1v) is 7.12. The van der Waals surface area contributed by atoms with Crippen LogP contribution in [-0.2, 0) is 16.4 Å². The van der Waals surface area contributed by atoms with Crippen molar-refractivity contribution in [2.24, 2.45) is 5.14 Å². The molecule has 0 saturated heterocycles. The summed E-state index contributed by atoms with van der Waals surface area (Å²) < 4.78 is 27.5. The van der Waals surface area contributed by atoms with Crippen molar-refractivity contribution >= 4 is 10.0 Å². The van der Waals surface area contributed by atoms with E-state index in [4.69, 9.17) is 9.88 Å². The van der Waals surface area contributed by atoms with Crippen LogP contribution in [0.4, 0.5) is 0 Å². The normalized spacial score (nSPS) is 11.2. The first-order chi connectivity index (χ1) is 9.05. The van der Waals surface area contributed by atoms with E-state index in [0.29, 0.717) is 18.9 Å². The number of rotatable bonds is 5. The number of nitrogens with two attached hydrogens (primary N) is 1. The molecule has 0 aliphatic carbocycles. The Morgan fingerprint density at radius 3 is 2.58 bits per heavy atom. The van der Waals surface area contributed by atoms with Gasteiger partial charge in [-0.25, -0.2) is 18.5 Å². The molecular weight excluding hydrogens is 266 g/mol. The highest BCUT2D eigenvalue weighted by Gasteiger charge is 2.07. The van der Waals surface area contributed by atoms with Crippen LogP contribution >= 0.6 is 0 Å². The topological polar surface area (TPSA) is 95.2 Å². The molecule has 7 heteroatoms. The largest absolute Gasteiger partial charge is 0.477 e. The number of hydrogen-bond donors (Lipinski definition) is 1. The Bertz CT molecular complexity index is 627.